The SMILES string of the molecule is COc1ccc([C@@H](C)NCc2cccc(Cl)c2F)cc1. The van der Waals surface area contributed by atoms with E-state index in [-0.39, 0.29) is 16.9 Å². The monoisotopic (exact) mass is 293 g/mol. The van der Waals surface area contributed by atoms with Gasteiger partial charge in [-0.3, -0.25) is 0 Å². The highest BCUT2D eigenvalue weighted by Gasteiger charge is 2.09. The van der Waals surface area contributed by atoms with E-state index in [2.05, 4.69) is 5.32 Å². The van der Waals surface area contributed by atoms with Gasteiger partial charge in [0.05, 0.1) is 12.1 Å². The smallest absolute Gasteiger partial charge is 0.146 e. The van der Waals surface area contributed by atoms with Crippen LogP contribution in [0.3, 0.4) is 0 Å². The molecule has 2 nitrogen and oxygen atoms in total. The first-order valence-corrected chi connectivity index (χ1v) is 6.80. The molecule has 20 heavy (non-hydrogen) atoms. The maximum absolute atomic E-state index is 13.8. The standard InChI is InChI=1S/C16H17ClFNO/c1-11(12-6-8-14(20-2)9-7-12)19-10-13-4-3-5-15(17)16(13)18/h3-9,11,19H,10H2,1-2H3/t11-/m1/s1. The minimum absolute atomic E-state index is 0.110. The molecule has 0 aliphatic heterocycles. The van der Waals surface area contributed by atoms with Crippen LogP contribution in [0.4, 0.5) is 4.39 Å². The average Bonchev–Trinajstić information content (AvgIpc) is 2.48. The highest BCUT2D eigenvalue weighted by Crippen LogP contribution is 2.20. The first kappa shape index (κ1) is 14.8. The van der Waals surface area contributed by atoms with Crippen LogP contribution in [-0.2, 0) is 6.54 Å². The zero-order chi connectivity index (χ0) is 14.5. The summed E-state index contributed by atoms with van der Waals surface area (Å²) in [5.41, 5.74) is 1.69. The molecule has 1 atom stereocenters. The Hall–Kier alpha value is -1.58. The van der Waals surface area contributed by atoms with Crippen LogP contribution in [0.25, 0.3) is 0 Å². The topological polar surface area (TPSA) is 21.3 Å². The van der Waals surface area contributed by atoms with Crippen molar-refractivity contribution in [2.24, 2.45) is 0 Å². The summed E-state index contributed by atoms with van der Waals surface area (Å²) < 4.78 is 18.9. The lowest BCUT2D eigenvalue weighted by Gasteiger charge is -2.15. The van der Waals surface area contributed by atoms with Gasteiger partial charge in [-0.1, -0.05) is 35.9 Å². The third-order valence-corrected chi connectivity index (χ3v) is 3.54. The first-order valence-electron chi connectivity index (χ1n) is 6.42. The molecule has 0 bridgehead atoms. The summed E-state index contributed by atoms with van der Waals surface area (Å²) in [5, 5.41) is 3.44. The van der Waals surface area contributed by atoms with E-state index in [0.717, 1.165) is 11.3 Å². The van der Waals surface area contributed by atoms with E-state index in [0.29, 0.717) is 12.1 Å². The van der Waals surface area contributed by atoms with Crippen LogP contribution in [0, 0.1) is 5.82 Å². The van der Waals surface area contributed by atoms with E-state index >= 15 is 0 Å². The molecule has 0 amide bonds. The molecule has 0 spiro atoms. The number of nitrogens with one attached hydrogen (secondary N) is 1. The van der Waals surface area contributed by atoms with Crippen LogP contribution in [0.5, 0.6) is 5.75 Å². The third-order valence-electron chi connectivity index (χ3n) is 3.25. The van der Waals surface area contributed by atoms with Crippen LogP contribution >= 0.6 is 11.6 Å². The predicted octanol–water partition coefficient (Wildman–Crippen LogP) is 4.34. The fraction of sp³-hybridized carbons (Fsp3) is 0.250. The van der Waals surface area contributed by atoms with E-state index in [4.69, 9.17) is 16.3 Å². The van der Waals surface area contributed by atoms with Crippen molar-refractivity contribution in [3.05, 3.63) is 64.4 Å². The molecule has 2 aromatic rings. The molecule has 4 heteroatoms. The zero-order valence-corrected chi connectivity index (χ0v) is 12.2. The van der Waals surface area contributed by atoms with Crippen molar-refractivity contribution in [3.8, 4) is 5.75 Å². The van der Waals surface area contributed by atoms with Crippen LogP contribution in [-0.4, -0.2) is 7.11 Å². The molecule has 0 saturated carbocycles. The Kier molecular flexibility index (Phi) is 4.99. The molecular weight excluding hydrogens is 277 g/mol. The Bertz CT molecular complexity index is 571. The average molecular weight is 294 g/mol. The van der Waals surface area contributed by atoms with Gasteiger partial charge in [0.15, 0.2) is 0 Å². The normalized spacial score (nSPS) is 12.2. The van der Waals surface area contributed by atoms with Gasteiger partial charge in [-0.25, -0.2) is 4.39 Å². The summed E-state index contributed by atoms with van der Waals surface area (Å²) in [7, 11) is 1.64. The summed E-state index contributed by atoms with van der Waals surface area (Å²) in [5.74, 6) is 0.463. The third kappa shape index (κ3) is 3.50. The van der Waals surface area contributed by atoms with Gasteiger partial charge in [0, 0.05) is 18.2 Å². The summed E-state index contributed by atoms with van der Waals surface area (Å²) in [6.07, 6.45) is 0. The van der Waals surface area contributed by atoms with E-state index < -0.39 is 0 Å². The van der Waals surface area contributed by atoms with E-state index in [1.165, 1.54) is 0 Å². The Morgan fingerprint density at radius 1 is 1.20 bits per heavy atom. The number of halogens is 2. The fourth-order valence-corrected chi connectivity index (χ4v) is 2.15. The maximum atomic E-state index is 13.8. The van der Waals surface area contributed by atoms with Gasteiger partial charge in [0.2, 0.25) is 0 Å². The molecule has 1 N–H and O–H groups in total. The number of ether oxygens (including phenoxy) is 1. The van der Waals surface area contributed by atoms with Crippen molar-refractivity contribution in [2.75, 3.05) is 7.11 Å². The highest BCUT2D eigenvalue weighted by atomic mass is 35.5. The molecule has 0 aromatic heterocycles. The summed E-state index contributed by atoms with van der Waals surface area (Å²) >= 11 is 5.76. The van der Waals surface area contributed by atoms with E-state index in [1.54, 1.807) is 25.3 Å². The maximum Gasteiger partial charge on any atom is 0.146 e. The summed E-state index contributed by atoms with van der Waals surface area (Å²) in [6, 6.07) is 12.9. The Morgan fingerprint density at radius 3 is 2.55 bits per heavy atom. The van der Waals surface area contributed by atoms with E-state index in [1.807, 2.05) is 31.2 Å². The van der Waals surface area contributed by atoms with Crippen LogP contribution in [0.2, 0.25) is 5.02 Å². The number of methoxy groups -OCH3 is 1. The Morgan fingerprint density at radius 2 is 1.90 bits per heavy atom. The number of benzene rings is 2. The second-order valence-electron chi connectivity index (χ2n) is 4.59. The highest BCUT2D eigenvalue weighted by molar-refractivity contribution is 6.30. The molecule has 0 saturated heterocycles. The van der Waals surface area contributed by atoms with Crippen molar-refractivity contribution in [2.45, 2.75) is 19.5 Å². The Balaban J connectivity index is 2.00. The second kappa shape index (κ2) is 6.73. The predicted molar refractivity (Wildman–Crippen MR) is 79.7 cm³/mol. The lowest BCUT2D eigenvalue weighted by Crippen LogP contribution is -2.18. The molecule has 106 valence electrons. The molecular formula is C16H17ClFNO. The lowest BCUT2D eigenvalue weighted by molar-refractivity contribution is 0.414. The molecule has 0 fully saturated rings. The zero-order valence-electron chi connectivity index (χ0n) is 11.5. The van der Waals surface area contributed by atoms with Gasteiger partial charge >= 0.3 is 0 Å². The van der Waals surface area contributed by atoms with Gasteiger partial charge in [-0.05, 0) is 30.7 Å². The lowest BCUT2D eigenvalue weighted by atomic mass is 10.1. The first-order chi connectivity index (χ1) is 9.61. The molecule has 0 radical (unpaired) electrons. The molecule has 0 heterocycles. The minimum atomic E-state index is -0.358. The van der Waals surface area contributed by atoms with Crippen LogP contribution in [0.15, 0.2) is 42.5 Å². The van der Waals surface area contributed by atoms with Gasteiger partial charge < -0.3 is 10.1 Å². The molecule has 2 aromatic carbocycles. The van der Waals surface area contributed by atoms with Crippen molar-refractivity contribution in [1.29, 1.82) is 0 Å². The van der Waals surface area contributed by atoms with Crippen molar-refractivity contribution >= 4 is 11.6 Å². The van der Waals surface area contributed by atoms with Crippen molar-refractivity contribution in [3.63, 3.8) is 0 Å². The van der Waals surface area contributed by atoms with Crippen LogP contribution < -0.4 is 10.1 Å². The minimum Gasteiger partial charge on any atom is -0.497 e. The Labute approximate surface area is 123 Å². The largest absolute Gasteiger partial charge is 0.497 e. The molecule has 0 aliphatic carbocycles. The van der Waals surface area contributed by atoms with Crippen molar-refractivity contribution in [1.82, 2.24) is 5.32 Å². The second-order valence-corrected chi connectivity index (χ2v) is 5.00. The van der Waals surface area contributed by atoms with Crippen molar-refractivity contribution < 1.29 is 9.13 Å². The number of hydrogen-bond donors (Lipinski definition) is 1. The van der Waals surface area contributed by atoms with Gasteiger partial charge in [0.25, 0.3) is 0 Å². The van der Waals surface area contributed by atoms with Gasteiger partial charge in [0.1, 0.15) is 11.6 Å². The van der Waals surface area contributed by atoms with Gasteiger partial charge in [-0.15, -0.1) is 0 Å². The number of hydrogen-bond acceptors (Lipinski definition) is 2. The van der Waals surface area contributed by atoms with Gasteiger partial charge in [-0.2, -0.15) is 0 Å². The van der Waals surface area contributed by atoms with E-state index in [9.17, 15) is 4.39 Å². The summed E-state index contributed by atoms with van der Waals surface area (Å²) in [6.45, 7) is 2.46. The molecule has 0 unspecified atom stereocenters. The quantitative estimate of drug-likeness (QED) is 0.885. The summed E-state index contributed by atoms with van der Waals surface area (Å²) in [4.78, 5) is 0. The van der Waals surface area contributed by atoms with Crippen LogP contribution in [0.1, 0.15) is 24.1 Å². The molecule has 2 rings (SSSR count). The molecule has 0 aliphatic rings. The fourth-order valence-electron chi connectivity index (χ4n) is 1.96. The number of rotatable bonds is 5.